The zero-order chi connectivity index (χ0) is 14.1. The number of carbonyl (C=O) groups is 2. The molecule has 0 aromatic carbocycles. The number of carboxylic acid groups (broad SMARTS) is 1. The minimum Gasteiger partial charge on any atom is -0.569 e. The summed E-state index contributed by atoms with van der Waals surface area (Å²) in [5.74, 6) is -1.20. The summed E-state index contributed by atoms with van der Waals surface area (Å²) in [4.78, 5) is 25.5. The van der Waals surface area contributed by atoms with Crippen molar-refractivity contribution >= 4 is 12.1 Å². The predicted octanol–water partition coefficient (Wildman–Crippen LogP) is 0.331. The number of hydrazine groups is 1. The molecule has 0 rings (SSSR count). The Morgan fingerprint density at radius 1 is 1.56 bits per heavy atom. The highest BCUT2D eigenvalue weighted by Crippen LogP contribution is 1.98. The zero-order valence-corrected chi connectivity index (χ0v) is 10.2. The summed E-state index contributed by atoms with van der Waals surface area (Å²) in [5.41, 5.74) is 0. The lowest BCUT2D eigenvalue weighted by Crippen LogP contribution is -2.32. The van der Waals surface area contributed by atoms with Crippen LogP contribution in [0.4, 0.5) is 4.79 Å². The largest absolute Gasteiger partial charge is 0.569 e. The molecule has 0 amide bonds. The molecular weight excluding hydrogens is 250 g/mol. The van der Waals surface area contributed by atoms with Gasteiger partial charge in [0, 0.05) is 6.92 Å². The predicted molar refractivity (Wildman–Crippen MR) is 55.0 cm³/mol. The van der Waals surface area contributed by atoms with Crippen LogP contribution in [-0.2, 0) is 19.1 Å². The topological polar surface area (TPSA) is 124 Å². The quantitative estimate of drug-likeness (QED) is 0.229. The van der Waals surface area contributed by atoms with Crippen LogP contribution in [0.2, 0.25) is 0 Å². The monoisotopic (exact) mass is 265 g/mol. The smallest absolute Gasteiger partial charge is 0.511 e. The summed E-state index contributed by atoms with van der Waals surface area (Å²) in [5, 5.41) is 23.3. The number of rotatable bonds is 7. The van der Waals surface area contributed by atoms with Gasteiger partial charge in [-0.15, -0.1) is 5.01 Å². The van der Waals surface area contributed by atoms with Gasteiger partial charge in [-0.1, -0.05) is 0 Å². The van der Waals surface area contributed by atoms with E-state index in [1.54, 1.807) is 6.92 Å². The molecule has 0 radical (unpaired) electrons. The van der Waals surface area contributed by atoms with E-state index in [1.807, 2.05) is 0 Å². The van der Waals surface area contributed by atoms with Gasteiger partial charge in [-0.2, -0.15) is 0 Å². The standard InChI is InChI=1S/C8H15N3O7/c1-4-16-8(14)17-6(2)18-9-11(15)10(3)5-7(12)13/h6H,4-5H2,1-3H3,(H,12,13)/b11-9-. The van der Waals surface area contributed by atoms with Gasteiger partial charge in [0.2, 0.25) is 5.28 Å². The molecule has 104 valence electrons. The van der Waals surface area contributed by atoms with Gasteiger partial charge < -0.3 is 19.8 Å². The van der Waals surface area contributed by atoms with Crippen LogP contribution < -0.4 is 0 Å². The van der Waals surface area contributed by atoms with Gasteiger partial charge in [0.1, 0.15) is 0 Å². The number of carboxylic acids is 1. The Hall–Kier alpha value is -2.26. The second kappa shape index (κ2) is 7.92. The first-order valence-corrected chi connectivity index (χ1v) is 4.97. The van der Waals surface area contributed by atoms with E-state index < -0.39 is 25.0 Å². The van der Waals surface area contributed by atoms with E-state index >= 15 is 0 Å². The molecule has 0 aliphatic heterocycles. The summed E-state index contributed by atoms with van der Waals surface area (Å²) < 4.78 is 8.98. The number of aliphatic carboxylic acids is 1. The summed E-state index contributed by atoms with van der Waals surface area (Å²) in [6, 6.07) is 0. The van der Waals surface area contributed by atoms with Crippen LogP contribution in [0.1, 0.15) is 13.8 Å². The molecule has 0 saturated heterocycles. The Kier molecular flexibility index (Phi) is 6.93. The van der Waals surface area contributed by atoms with E-state index in [0.29, 0.717) is 0 Å². The third-order valence-corrected chi connectivity index (χ3v) is 1.45. The molecule has 10 nitrogen and oxygen atoms in total. The number of likely N-dealkylation sites (N-methyl/N-ethyl adjacent to an activating group) is 1. The van der Waals surface area contributed by atoms with E-state index in [-0.39, 0.29) is 11.6 Å². The van der Waals surface area contributed by atoms with E-state index in [9.17, 15) is 14.8 Å². The molecule has 18 heavy (non-hydrogen) atoms. The van der Waals surface area contributed by atoms with E-state index in [2.05, 4.69) is 19.6 Å². The average Bonchev–Trinajstić information content (AvgIpc) is 2.25. The van der Waals surface area contributed by atoms with Gasteiger partial charge in [-0.25, -0.2) is 4.79 Å². The fourth-order valence-corrected chi connectivity index (χ4v) is 0.734. The van der Waals surface area contributed by atoms with Gasteiger partial charge in [-0.05, 0) is 6.92 Å². The van der Waals surface area contributed by atoms with Crippen LogP contribution in [0, 0.1) is 5.21 Å². The summed E-state index contributed by atoms with van der Waals surface area (Å²) >= 11 is 0. The van der Waals surface area contributed by atoms with Gasteiger partial charge in [0.05, 0.1) is 18.6 Å². The van der Waals surface area contributed by atoms with Crippen LogP contribution in [0.25, 0.3) is 0 Å². The highest BCUT2D eigenvalue weighted by Gasteiger charge is 2.15. The molecule has 0 heterocycles. The maximum atomic E-state index is 11.1. The van der Waals surface area contributed by atoms with Crippen molar-refractivity contribution in [1.82, 2.24) is 5.01 Å². The molecule has 0 aromatic heterocycles. The lowest BCUT2D eigenvalue weighted by molar-refractivity contribution is -0.705. The maximum Gasteiger partial charge on any atom is 0.511 e. The Labute approximate surface area is 103 Å². The summed E-state index contributed by atoms with van der Waals surface area (Å²) in [7, 11) is 1.20. The Balaban J connectivity index is 4.11. The van der Waals surface area contributed by atoms with Crippen molar-refractivity contribution in [2.45, 2.75) is 20.1 Å². The fraction of sp³-hybridized carbons (Fsp3) is 0.750. The highest BCUT2D eigenvalue weighted by molar-refractivity contribution is 5.68. The van der Waals surface area contributed by atoms with Gasteiger partial charge in [0.25, 0.3) is 6.29 Å². The molecular formula is C8H15N3O7. The molecule has 0 aromatic rings. The van der Waals surface area contributed by atoms with Crippen molar-refractivity contribution in [3.8, 4) is 0 Å². The molecule has 0 aliphatic carbocycles. The Morgan fingerprint density at radius 2 is 2.17 bits per heavy atom. The number of nitrogens with zero attached hydrogens (tertiary/aromatic N) is 3. The average molecular weight is 265 g/mol. The summed E-state index contributed by atoms with van der Waals surface area (Å²) in [6.45, 7) is 2.49. The first kappa shape index (κ1) is 15.7. The second-order valence-corrected chi connectivity index (χ2v) is 3.02. The molecule has 1 atom stereocenters. The van der Waals surface area contributed by atoms with Crippen LogP contribution in [0.5, 0.6) is 0 Å². The summed E-state index contributed by atoms with van der Waals surface area (Å²) in [6.07, 6.45) is -2.10. The normalized spacial score (nSPS) is 12.5. The van der Waals surface area contributed by atoms with Crippen molar-refractivity contribution in [3.05, 3.63) is 5.21 Å². The van der Waals surface area contributed by atoms with Crippen LogP contribution >= 0.6 is 0 Å². The number of ether oxygens (including phenoxy) is 2. The molecule has 0 spiro atoms. The third-order valence-electron chi connectivity index (χ3n) is 1.45. The zero-order valence-electron chi connectivity index (χ0n) is 10.2. The van der Waals surface area contributed by atoms with E-state index in [1.165, 1.54) is 14.0 Å². The Morgan fingerprint density at radius 3 is 2.67 bits per heavy atom. The van der Waals surface area contributed by atoms with Crippen LogP contribution in [0.3, 0.4) is 0 Å². The fourth-order valence-electron chi connectivity index (χ4n) is 0.734. The number of hydrogen-bond acceptors (Lipinski definition) is 7. The molecule has 1 N–H and O–H groups in total. The van der Waals surface area contributed by atoms with Crippen molar-refractivity contribution in [2.24, 2.45) is 5.28 Å². The lowest BCUT2D eigenvalue weighted by atomic mass is 10.7. The van der Waals surface area contributed by atoms with Crippen molar-refractivity contribution < 1.29 is 34.0 Å². The van der Waals surface area contributed by atoms with Crippen molar-refractivity contribution in [2.75, 3.05) is 20.2 Å². The highest BCUT2D eigenvalue weighted by atomic mass is 16.8. The minimum atomic E-state index is -1.20. The molecule has 0 aliphatic rings. The first-order valence-electron chi connectivity index (χ1n) is 4.97. The lowest BCUT2D eigenvalue weighted by Gasteiger charge is -2.12. The van der Waals surface area contributed by atoms with E-state index in [0.717, 1.165) is 5.01 Å². The number of carbonyl (C=O) groups excluding carboxylic acids is 1. The number of hydrogen-bond donors (Lipinski definition) is 1. The Bertz CT molecular complexity index is 320. The SMILES string of the molecule is CCOC(=O)OC(C)O/N=[N+](\[O-])N(C)CC(=O)O. The first-order chi connectivity index (χ1) is 8.36. The van der Waals surface area contributed by atoms with Gasteiger partial charge in [0.15, 0.2) is 6.54 Å². The maximum absolute atomic E-state index is 11.1. The second-order valence-electron chi connectivity index (χ2n) is 3.02. The van der Waals surface area contributed by atoms with E-state index in [4.69, 9.17) is 5.11 Å². The van der Waals surface area contributed by atoms with Crippen LogP contribution in [-0.4, -0.2) is 53.7 Å². The van der Waals surface area contributed by atoms with Crippen molar-refractivity contribution in [3.63, 3.8) is 0 Å². The molecule has 0 saturated carbocycles. The molecule has 10 heteroatoms. The van der Waals surface area contributed by atoms with Crippen LogP contribution in [0.15, 0.2) is 5.28 Å². The van der Waals surface area contributed by atoms with Gasteiger partial charge >= 0.3 is 12.1 Å². The van der Waals surface area contributed by atoms with Gasteiger partial charge in [-0.3, -0.25) is 9.63 Å². The minimum absolute atomic E-state index is 0.0842. The molecule has 1 unspecified atom stereocenters. The third kappa shape index (κ3) is 7.09. The molecule has 0 fully saturated rings. The van der Waals surface area contributed by atoms with Crippen molar-refractivity contribution in [1.29, 1.82) is 0 Å². The molecule has 0 bridgehead atoms.